The smallest absolute Gasteiger partial charge is 0.243 e. The highest BCUT2D eigenvalue weighted by molar-refractivity contribution is 7.89. The van der Waals surface area contributed by atoms with Crippen molar-refractivity contribution in [3.05, 3.63) is 60.2 Å². The summed E-state index contributed by atoms with van der Waals surface area (Å²) >= 11 is 0. The van der Waals surface area contributed by atoms with Crippen molar-refractivity contribution in [3.63, 3.8) is 0 Å². The van der Waals surface area contributed by atoms with Crippen LogP contribution in [0.5, 0.6) is 5.75 Å². The molecule has 0 saturated carbocycles. The maximum atomic E-state index is 12.8. The van der Waals surface area contributed by atoms with E-state index in [2.05, 4.69) is 5.32 Å². The number of piperidine rings is 1. The number of rotatable bonds is 10. The molecule has 2 aromatic carbocycles. The van der Waals surface area contributed by atoms with Gasteiger partial charge in [0, 0.05) is 32.2 Å². The number of sulfonamides is 1. The Kier molecular flexibility index (Phi) is 8.67. The van der Waals surface area contributed by atoms with Crippen molar-refractivity contribution in [2.75, 3.05) is 33.4 Å². The van der Waals surface area contributed by atoms with Gasteiger partial charge in [0.15, 0.2) is 0 Å². The van der Waals surface area contributed by atoms with Crippen molar-refractivity contribution in [1.82, 2.24) is 9.62 Å². The summed E-state index contributed by atoms with van der Waals surface area (Å²) in [5, 5.41) is 2.96. The Bertz CT molecular complexity index is 956. The summed E-state index contributed by atoms with van der Waals surface area (Å²) in [4.78, 5) is 12.7. The second-order valence-corrected chi connectivity index (χ2v) is 9.86. The van der Waals surface area contributed by atoms with Crippen LogP contribution in [0.3, 0.4) is 0 Å². The van der Waals surface area contributed by atoms with Crippen molar-refractivity contribution in [2.24, 2.45) is 5.92 Å². The van der Waals surface area contributed by atoms with E-state index in [9.17, 15) is 13.2 Å². The van der Waals surface area contributed by atoms with Gasteiger partial charge in [0.05, 0.1) is 18.1 Å². The van der Waals surface area contributed by atoms with E-state index < -0.39 is 10.0 Å². The second kappa shape index (κ2) is 11.4. The Labute approximate surface area is 190 Å². The molecule has 0 spiro atoms. The zero-order valence-corrected chi connectivity index (χ0v) is 19.5. The van der Waals surface area contributed by atoms with Crippen LogP contribution in [0, 0.1) is 5.92 Å². The van der Waals surface area contributed by atoms with Crippen LogP contribution >= 0.6 is 0 Å². The van der Waals surface area contributed by atoms with Crippen molar-refractivity contribution in [1.29, 1.82) is 0 Å². The summed E-state index contributed by atoms with van der Waals surface area (Å²) in [6, 6.07) is 16.4. The zero-order valence-electron chi connectivity index (χ0n) is 18.7. The van der Waals surface area contributed by atoms with Gasteiger partial charge in [-0.1, -0.05) is 30.3 Å². The number of benzene rings is 2. The molecule has 1 fully saturated rings. The van der Waals surface area contributed by atoms with Crippen LogP contribution in [0.1, 0.15) is 37.9 Å². The lowest BCUT2D eigenvalue weighted by Crippen LogP contribution is -2.43. The maximum absolute atomic E-state index is 12.8. The van der Waals surface area contributed by atoms with Crippen molar-refractivity contribution < 1.29 is 22.7 Å². The molecule has 1 aliphatic heterocycles. The van der Waals surface area contributed by atoms with Gasteiger partial charge in [0.2, 0.25) is 15.9 Å². The van der Waals surface area contributed by atoms with Gasteiger partial charge in [0.1, 0.15) is 5.75 Å². The molecule has 1 heterocycles. The molecule has 1 aliphatic rings. The van der Waals surface area contributed by atoms with Crippen molar-refractivity contribution in [3.8, 4) is 5.75 Å². The monoisotopic (exact) mass is 460 g/mol. The predicted molar refractivity (Wildman–Crippen MR) is 123 cm³/mol. The fourth-order valence-electron chi connectivity index (χ4n) is 3.76. The Hall–Kier alpha value is -2.42. The minimum Gasteiger partial charge on any atom is -0.497 e. The highest BCUT2D eigenvalue weighted by atomic mass is 32.2. The van der Waals surface area contributed by atoms with Gasteiger partial charge >= 0.3 is 0 Å². The molecule has 7 nitrogen and oxygen atoms in total. The van der Waals surface area contributed by atoms with Crippen LogP contribution in [-0.2, 0) is 19.6 Å². The third-order valence-corrected chi connectivity index (χ3v) is 7.69. The largest absolute Gasteiger partial charge is 0.497 e. The Balaban J connectivity index is 1.37. The maximum Gasteiger partial charge on any atom is 0.243 e. The molecule has 2 aromatic rings. The summed E-state index contributed by atoms with van der Waals surface area (Å²) in [6.45, 7) is 3.80. The number of nitrogens with zero attached hydrogens (tertiary/aromatic N) is 1. The minimum atomic E-state index is -3.56. The molecule has 8 heteroatoms. The van der Waals surface area contributed by atoms with Crippen LogP contribution in [0.15, 0.2) is 59.5 Å². The molecule has 0 bridgehead atoms. The average molecular weight is 461 g/mol. The van der Waals surface area contributed by atoms with Gasteiger partial charge in [-0.3, -0.25) is 4.79 Å². The second-order valence-electron chi connectivity index (χ2n) is 7.92. The van der Waals surface area contributed by atoms with E-state index in [4.69, 9.17) is 9.47 Å². The number of ether oxygens (including phenoxy) is 2. The SMILES string of the molecule is COc1ccc(S(=O)(=O)N2CCC(C(=O)NCCCOC(C)c3ccccc3)CC2)cc1. The first-order chi connectivity index (χ1) is 15.4. The lowest BCUT2D eigenvalue weighted by molar-refractivity contribution is -0.126. The zero-order chi connectivity index (χ0) is 23.0. The van der Waals surface area contributed by atoms with Gasteiger partial charge in [-0.25, -0.2) is 8.42 Å². The molecule has 1 saturated heterocycles. The summed E-state index contributed by atoms with van der Waals surface area (Å²) in [5.41, 5.74) is 1.13. The normalized spacial score (nSPS) is 16.4. The number of hydrogen-bond acceptors (Lipinski definition) is 5. The molecule has 0 aliphatic carbocycles. The van der Waals surface area contributed by atoms with Crippen LogP contribution in [0.4, 0.5) is 0 Å². The van der Waals surface area contributed by atoms with Crippen molar-refractivity contribution in [2.45, 2.75) is 37.2 Å². The quantitative estimate of drug-likeness (QED) is 0.550. The van der Waals surface area contributed by atoms with Gasteiger partial charge in [-0.15, -0.1) is 0 Å². The van der Waals surface area contributed by atoms with Gasteiger partial charge in [-0.05, 0) is 56.0 Å². The third kappa shape index (κ3) is 6.31. The van der Waals surface area contributed by atoms with Crippen LogP contribution < -0.4 is 10.1 Å². The fourth-order valence-corrected chi connectivity index (χ4v) is 5.23. The number of hydrogen-bond donors (Lipinski definition) is 1. The van der Waals surface area contributed by atoms with Crippen molar-refractivity contribution >= 4 is 15.9 Å². The Morgan fingerprint density at radius 3 is 2.38 bits per heavy atom. The summed E-state index contributed by atoms with van der Waals surface area (Å²) < 4.78 is 38.0. The number of methoxy groups -OCH3 is 1. The first-order valence-corrected chi connectivity index (χ1v) is 12.4. The molecule has 0 aromatic heterocycles. The molecule has 3 rings (SSSR count). The van der Waals surface area contributed by atoms with E-state index in [1.807, 2.05) is 37.3 Å². The Morgan fingerprint density at radius 1 is 1.09 bits per heavy atom. The molecule has 1 amide bonds. The summed E-state index contributed by atoms with van der Waals surface area (Å²) in [6.07, 6.45) is 1.78. The van der Waals surface area contributed by atoms with E-state index in [1.54, 1.807) is 24.3 Å². The molecule has 0 radical (unpaired) electrons. The van der Waals surface area contributed by atoms with E-state index in [0.29, 0.717) is 44.8 Å². The molecular formula is C24H32N2O5S. The number of amides is 1. The molecule has 174 valence electrons. The first-order valence-electron chi connectivity index (χ1n) is 11.0. The topological polar surface area (TPSA) is 84.9 Å². The van der Waals surface area contributed by atoms with Crippen LogP contribution in [0.2, 0.25) is 0 Å². The minimum absolute atomic E-state index is 0.0115. The number of nitrogens with one attached hydrogen (secondary N) is 1. The average Bonchev–Trinajstić information content (AvgIpc) is 2.84. The number of carbonyl (C=O) groups excluding carboxylic acids is 1. The van der Waals surface area contributed by atoms with E-state index in [0.717, 1.165) is 12.0 Å². The predicted octanol–water partition coefficient (Wildman–Crippen LogP) is 3.38. The summed E-state index contributed by atoms with van der Waals surface area (Å²) in [7, 11) is -2.02. The molecular weight excluding hydrogens is 428 g/mol. The number of carbonyl (C=O) groups is 1. The van der Waals surface area contributed by atoms with Gasteiger partial charge in [-0.2, -0.15) is 4.31 Å². The first kappa shape index (κ1) is 24.2. The summed E-state index contributed by atoms with van der Waals surface area (Å²) in [5.74, 6) is 0.434. The Morgan fingerprint density at radius 2 is 1.75 bits per heavy atom. The highest BCUT2D eigenvalue weighted by Crippen LogP contribution is 2.25. The highest BCUT2D eigenvalue weighted by Gasteiger charge is 2.32. The third-order valence-electron chi connectivity index (χ3n) is 5.78. The molecule has 32 heavy (non-hydrogen) atoms. The standard InChI is InChI=1S/C24H32N2O5S/c1-19(20-7-4-3-5-8-20)31-18-6-15-25-24(27)21-13-16-26(17-14-21)32(28,29)23-11-9-22(30-2)10-12-23/h3-5,7-12,19,21H,6,13-18H2,1-2H3,(H,25,27). The molecule has 1 atom stereocenters. The van der Waals surface area contributed by atoms with E-state index in [1.165, 1.54) is 11.4 Å². The van der Waals surface area contributed by atoms with E-state index in [-0.39, 0.29) is 22.8 Å². The van der Waals surface area contributed by atoms with Gasteiger partial charge < -0.3 is 14.8 Å². The lowest BCUT2D eigenvalue weighted by Gasteiger charge is -2.30. The molecule has 1 unspecified atom stereocenters. The van der Waals surface area contributed by atoms with E-state index >= 15 is 0 Å². The fraction of sp³-hybridized carbons (Fsp3) is 0.458. The van der Waals surface area contributed by atoms with Crippen LogP contribution in [-0.4, -0.2) is 52.0 Å². The van der Waals surface area contributed by atoms with Gasteiger partial charge in [0.25, 0.3) is 0 Å². The molecule has 1 N–H and O–H groups in total. The van der Waals surface area contributed by atoms with Crippen LogP contribution in [0.25, 0.3) is 0 Å². The lowest BCUT2D eigenvalue weighted by atomic mass is 9.97.